The number of nitrogens with zero attached hydrogens (tertiary/aromatic N) is 7. The van der Waals surface area contributed by atoms with Crippen LogP contribution in [0.5, 0.6) is 0 Å². The second-order valence-corrected chi connectivity index (χ2v) is 11.0. The van der Waals surface area contributed by atoms with Crippen molar-refractivity contribution in [2.75, 3.05) is 44.8 Å². The van der Waals surface area contributed by atoms with Gasteiger partial charge in [-0.05, 0) is 47.7 Å². The Bertz CT molecular complexity index is 1060. The van der Waals surface area contributed by atoms with Gasteiger partial charge in [0.2, 0.25) is 5.16 Å². The lowest BCUT2D eigenvalue weighted by atomic mass is 9.96. The Labute approximate surface area is 198 Å². The van der Waals surface area contributed by atoms with Crippen LogP contribution < -0.4 is 5.32 Å². The van der Waals surface area contributed by atoms with E-state index in [0.717, 1.165) is 31.4 Å². The molecule has 0 unspecified atom stereocenters. The third-order valence-electron chi connectivity index (χ3n) is 6.27. The van der Waals surface area contributed by atoms with Crippen molar-refractivity contribution in [1.82, 2.24) is 33.7 Å². The molecule has 1 aromatic carbocycles. The van der Waals surface area contributed by atoms with Gasteiger partial charge in [0.25, 0.3) is 10.2 Å². The van der Waals surface area contributed by atoms with Crippen LogP contribution in [0.25, 0.3) is 5.69 Å². The number of hydrogen-bond acceptors (Lipinski definition) is 7. The molecule has 2 aromatic rings. The second kappa shape index (κ2) is 10.4. The highest BCUT2D eigenvalue weighted by Crippen LogP contribution is 2.25. The summed E-state index contributed by atoms with van der Waals surface area (Å²) in [5, 5.41) is 15.2. The highest BCUT2D eigenvalue weighted by Gasteiger charge is 2.35. The quantitative estimate of drug-likeness (QED) is 0.611. The number of rotatable bonds is 6. The van der Waals surface area contributed by atoms with Crippen molar-refractivity contribution in [3.05, 3.63) is 24.3 Å². The number of anilines is 1. The smallest absolute Gasteiger partial charge is 0.321 e. The maximum absolute atomic E-state index is 13.1. The van der Waals surface area contributed by atoms with Gasteiger partial charge in [-0.2, -0.15) is 21.7 Å². The minimum absolute atomic E-state index is 0.0733. The lowest BCUT2D eigenvalue weighted by molar-refractivity contribution is 0.178. The molecule has 2 amide bonds. The van der Waals surface area contributed by atoms with E-state index in [9.17, 15) is 13.2 Å². The summed E-state index contributed by atoms with van der Waals surface area (Å²) in [5.74, 6) is 0. The number of nitrogens with one attached hydrogen (secondary N) is 1. The highest BCUT2D eigenvalue weighted by atomic mass is 32.2. The predicted molar refractivity (Wildman–Crippen MR) is 127 cm³/mol. The summed E-state index contributed by atoms with van der Waals surface area (Å²) < 4.78 is 30.8. The molecule has 1 aromatic heterocycles. The average molecular weight is 495 g/mol. The maximum Gasteiger partial charge on any atom is 0.321 e. The van der Waals surface area contributed by atoms with Crippen LogP contribution in [0, 0.1) is 0 Å². The number of benzene rings is 1. The number of amides is 2. The first kappa shape index (κ1) is 23.9. The predicted octanol–water partition coefficient (Wildman–Crippen LogP) is 2.04. The number of hydrogen-bond donors (Lipinski definition) is 1. The van der Waals surface area contributed by atoms with E-state index in [2.05, 4.69) is 20.8 Å². The van der Waals surface area contributed by atoms with E-state index in [0.29, 0.717) is 23.9 Å². The number of carbonyl (C=O) groups excluding carboxylic acids is 1. The van der Waals surface area contributed by atoms with Crippen molar-refractivity contribution >= 4 is 33.7 Å². The number of piperazine rings is 1. The second-order valence-electron chi connectivity index (χ2n) is 8.26. The Morgan fingerprint density at radius 1 is 1.15 bits per heavy atom. The van der Waals surface area contributed by atoms with Gasteiger partial charge in [0.05, 0.1) is 5.69 Å². The Morgan fingerprint density at radius 2 is 1.88 bits per heavy atom. The Morgan fingerprint density at radius 3 is 2.58 bits per heavy atom. The molecule has 11 nitrogen and oxygen atoms in total. The van der Waals surface area contributed by atoms with Crippen LogP contribution >= 0.6 is 11.8 Å². The van der Waals surface area contributed by atoms with Crippen molar-refractivity contribution < 1.29 is 13.2 Å². The molecular weight excluding hydrogens is 464 g/mol. The van der Waals surface area contributed by atoms with Crippen LogP contribution in [0.15, 0.2) is 29.4 Å². The first-order chi connectivity index (χ1) is 15.9. The topological polar surface area (TPSA) is 117 Å². The summed E-state index contributed by atoms with van der Waals surface area (Å²) in [4.78, 5) is 14.5. The number of carbonyl (C=O) groups is 1. The van der Waals surface area contributed by atoms with Crippen LogP contribution in [-0.4, -0.2) is 93.7 Å². The summed E-state index contributed by atoms with van der Waals surface area (Å²) in [6, 6.07) is 7.09. The average Bonchev–Trinajstić information content (AvgIpc) is 3.33. The van der Waals surface area contributed by atoms with Crippen LogP contribution in [0.1, 0.15) is 32.1 Å². The molecule has 0 bridgehead atoms. The lowest BCUT2D eigenvalue weighted by Crippen LogP contribution is -2.55. The number of tetrazole rings is 1. The van der Waals surface area contributed by atoms with E-state index < -0.39 is 10.2 Å². The number of urea groups is 1. The van der Waals surface area contributed by atoms with E-state index in [-0.39, 0.29) is 25.2 Å². The van der Waals surface area contributed by atoms with E-state index in [4.69, 9.17) is 0 Å². The molecule has 180 valence electrons. The molecule has 13 heteroatoms. The maximum atomic E-state index is 13.1. The van der Waals surface area contributed by atoms with Crippen molar-refractivity contribution in [1.29, 1.82) is 0 Å². The van der Waals surface area contributed by atoms with Gasteiger partial charge in [-0.15, -0.1) is 5.10 Å². The van der Waals surface area contributed by atoms with Gasteiger partial charge in [0.1, 0.15) is 0 Å². The van der Waals surface area contributed by atoms with Gasteiger partial charge >= 0.3 is 6.03 Å². The molecule has 33 heavy (non-hydrogen) atoms. The fraction of sp³-hybridized carbons (Fsp3) is 0.600. The van der Waals surface area contributed by atoms with Crippen LogP contribution in [0.3, 0.4) is 0 Å². The third-order valence-corrected chi connectivity index (χ3v) is 8.93. The molecular formula is C20H30N8O3S2. The largest absolute Gasteiger partial charge is 0.322 e. The van der Waals surface area contributed by atoms with Crippen molar-refractivity contribution in [2.45, 2.75) is 43.3 Å². The van der Waals surface area contributed by atoms with Crippen LogP contribution in [-0.2, 0) is 10.2 Å². The summed E-state index contributed by atoms with van der Waals surface area (Å²) in [5.41, 5.74) is 1.36. The molecule has 2 aliphatic rings. The van der Waals surface area contributed by atoms with Crippen molar-refractivity contribution in [3.8, 4) is 5.69 Å². The van der Waals surface area contributed by atoms with E-state index in [1.54, 1.807) is 28.8 Å². The van der Waals surface area contributed by atoms with Crippen LogP contribution in [0.2, 0.25) is 0 Å². The molecule has 1 N–H and O–H groups in total. The Hall–Kier alpha value is -2.22. The molecule has 0 spiro atoms. The highest BCUT2D eigenvalue weighted by molar-refractivity contribution is 7.98. The first-order valence-electron chi connectivity index (χ1n) is 11.1. The van der Waals surface area contributed by atoms with Crippen molar-refractivity contribution in [3.63, 3.8) is 0 Å². The monoisotopic (exact) mass is 494 g/mol. The fourth-order valence-corrected chi connectivity index (χ4v) is 6.33. The van der Waals surface area contributed by atoms with Crippen molar-refractivity contribution in [2.24, 2.45) is 0 Å². The lowest BCUT2D eigenvalue weighted by Gasteiger charge is -2.38. The summed E-state index contributed by atoms with van der Waals surface area (Å²) >= 11 is 1.43. The number of aromatic nitrogens is 4. The standard InChI is InChI=1S/C20H30N8O3S2/c1-25(17-8-4-3-5-9-17)33(30,31)27-13-11-26(12-14-27)19(29)21-16-7-6-10-18(15-16)28-20(32-2)22-23-24-28/h6-7,10,15,17H,3-5,8-9,11-14H2,1-2H3,(H,21,29). The zero-order valence-corrected chi connectivity index (χ0v) is 20.6. The molecule has 0 radical (unpaired) electrons. The number of thioether (sulfide) groups is 1. The minimum atomic E-state index is -3.52. The van der Waals surface area contributed by atoms with E-state index >= 15 is 0 Å². The molecule has 1 aliphatic carbocycles. The van der Waals surface area contributed by atoms with E-state index in [1.807, 2.05) is 18.4 Å². The first-order valence-corrected chi connectivity index (χ1v) is 13.7. The SMILES string of the molecule is CSc1nnnn1-c1cccc(NC(=O)N2CCN(S(=O)(=O)N(C)C3CCCCC3)CC2)c1. The zero-order chi connectivity index (χ0) is 23.4. The minimum Gasteiger partial charge on any atom is -0.322 e. The van der Waals surface area contributed by atoms with Gasteiger partial charge in [-0.3, -0.25) is 0 Å². The summed E-state index contributed by atoms with van der Waals surface area (Å²) in [6.07, 6.45) is 7.05. The van der Waals surface area contributed by atoms with Gasteiger partial charge in [-0.25, -0.2) is 4.79 Å². The molecule has 4 rings (SSSR count). The Kier molecular flexibility index (Phi) is 7.51. The zero-order valence-electron chi connectivity index (χ0n) is 18.9. The molecule has 2 heterocycles. The van der Waals surface area contributed by atoms with Gasteiger partial charge in [0.15, 0.2) is 0 Å². The van der Waals surface area contributed by atoms with Gasteiger partial charge < -0.3 is 10.2 Å². The summed E-state index contributed by atoms with van der Waals surface area (Å²) in [7, 11) is -1.84. The molecule has 1 saturated carbocycles. The van der Waals surface area contributed by atoms with Crippen LogP contribution in [0.4, 0.5) is 10.5 Å². The van der Waals surface area contributed by atoms with Gasteiger partial charge in [0, 0.05) is 45.0 Å². The molecule has 1 saturated heterocycles. The molecule has 0 atom stereocenters. The molecule has 1 aliphatic heterocycles. The normalized spacial score (nSPS) is 18.6. The third kappa shape index (κ3) is 5.31. The van der Waals surface area contributed by atoms with E-state index in [1.165, 1.54) is 26.8 Å². The summed E-state index contributed by atoms with van der Waals surface area (Å²) in [6.45, 7) is 1.25. The molecule has 2 fully saturated rings. The van der Waals surface area contributed by atoms with Gasteiger partial charge in [-0.1, -0.05) is 37.1 Å². The Balaban J connectivity index is 1.35. The fourth-order valence-electron chi connectivity index (χ4n) is 4.32.